The topological polar surface area (TPSA) is 41.4 Å². The molecule has 0 saturated heterocycles. The molecule has 1 aromatic heterocycles. The van der Waals surface area contributed by atoms with Crippen molar-refractivity contribution in [2.75, 3.05) is 7.05 Å². The van der Waals surface area contributed by atoms with Crippen molar-refractivity contribution in [2.45, 2.75) is 40.0 Å². The molecule has 4 nitrogen and oxygen atoms in total. The molecule has 1 aromatic rings. The Bertz CT molecular complexity index is 475. The first kappa shape index (κ1) is 16.1. The molecule has 0 aromatic carbocycles. The number of hydrogen-bond acceptors (Lipinski definition) is 3. The molecular weight excluding hydrogens is 248 g/mol. The molecule has 20 heavy (non-hydrogen) atoms. The minimum atomic E-state index is 0.774. The zero-order chi connectivity index (χ0) is 14.8. The molecule has 108 valence electrons. The molecule has 0 aliphatic rings. The molecule has 0 saturated carbocycles. The lowest BCUT2D eigenvalue weighted by molar-refractivity contribution is 0.661. The van der Waals surface area contributed by atoms with Crippen LogP contribution in [0.4, 0.5) is 0 Å². The van der Waals surface area contributed by atoms with Crippen LogP contribution < -0.4 is 0 Å². The largest absolute Gasteiger partial charge is 0.334 e. The lowest BCUT2D eigenvalue weighted by Gasteiger charge is -2.18. The minimum Gasteiger partial charge on any atom is -0.334 e. The van der Waals surface area contributed by atoms with E-state index in [0.29, 0.717) is 0 Å². The smallest absolute Gasteiger partial charge is 0.159 e. The lowest BCUT2D eigenvalue weighted by Crippen LogP contribution is -2.24. The Morgan fingerprint density at radius 1 is 1.35 bits per heavy atom. The minimum absolute atomic E-state index is 0.774. The fourth-order valence-corrected chi connectivity index (χ4v) is 1.89. The van der Waals surface area contributed by atoms with Crippen LogP contribution >= 0.6 is 0 Å². The molecule has 0 bridgehead atoms. The van der Waals surface area contributed by atoms with Gasteiger partial charge in [-0.1, -0.05) is 31.9 Å². The molecule has 0 spiro atoms. The molecular formula is C16H24N4. The van der Waals surface area contributed by atoms with Gasteiger partial charge in [0.1, 0.15) is 5.69 Å². The number of aliphatic imine (C=N–C) groups is 1. The standard InChI is InChI=1S/C16H24N4/c1-5-8-14(7-3)13-20(4)16(19-9-6-2)15-12-17-10-11-18-15/h6,9-13H,5,7-8H2,1-4H3/b9-6-,14-13-,19-16+. The quantitative estimate of drug-likeness (QED) is 0.584. The fourth-order valence-electron chi connectivity index (χ4n) is 1.89. The highest BCUT2D eigenvalue weighted by Gasteiger charge is 2.09. The molecule has 0 fully saturated rings. The van der Waals surface area contributed by atoms with Crippen LogP contribution in [-0.2, 0) is 0 Å². The van der Waals surface area contributed by atoms with E-state index in [-0.39, 0.29) is 0 Å². The fraction of sp³-hybridized carbons (Fsp3) is 0.438. The highest BCUT2D eigenvalue weighted by molar-refractivity contribution is 5.97. The van der Waals surface area contributed by atoms with Gasteiger partial charge in [-0.05, 0) is 19.8 Å². The zero-order valence-electron chi connectivity index (χ0n) is 12.9. The van der Waals surface area contributed by atoms with E-state index in [2.05, 4.69) is 35.0 Å². The average Bonchev–Trinajstić information content (AvgIpc) is 2.48. The third kappa shape index (κ3) is 4.96. The van der Waals surface area contributed by atoms with Crippen molar-refractivity contribution in [3.8, 4) is 0 Å². The van der Waals surface area contributed by atoms with Gasteiger partial charge in [0.15, 0.2) is 5.84 Å². The van der Waals surface area contributed by atoms with E-state index in [9.17, 15) is 0 Å². The van der Waals surface area contributed by atoms with Crippen LogP contribution in [0.2, 0.25) is 0 Å². The number of hydrogen-bond donors (Lipinski definition) is 0. The van der Waals surface area contributed by atoms with E-state index in [1.165, 1.54) is 5.57 Å². The van der Waals surface area contributed by atoms with Crippen molar-refractivity contribution in [2.24, 2.45) is 4.99 Å². The number of allylic oxidation sites excluding steroid dienone is 2. The SMILES string of the molecule is C/C=C\N=C(/c1cnccn1)N(C)/C=C(/CC)CCC. The maximum atomic E-state index is 4.47. The van der Waals surface area contributed by atoms with Crippen LogP contribution in [0.5, 0.6) is 0 Å². The van der Waals surface area contributed by atoms with E-state index >= 15 is 0 Å². The Hall–Kier alpha value is -1.97. The predicted molar refractivity (Wildman–Crippen MR) is 84.4 cm³/mol. The zero-order valence-corrected chi connectivity index (χ0v) is 12.9. The van der Waals surface area contributed by atoms with Crippen molar-refractivity contribution in [3.05, 3.63) is 48.3 Å². The van der Waals surface area contributed by atoms with Gasteiger partial charge in [0.05, 0.1) is 6.20 Å². The molecule has 0 aliphatic heterocycles. The van der Waals surface area contributed by atoms with Gasteiger partial charge < -0.3 is 4.90 Å². The summed E-state index contributed by atoms with van der Waals surface area (Å²) >= 11 is 0. The Kier molecular flexibility index (Phi) is 7.25. The molecule has 0 N–H and O–H groups in total. The number of nitrogens with zero attached hydrogens (tertiary/aromatic N) is 4. The maximum absolute atomic E-state index is 4.47. The summed E-state index contributed by atoms with van der Waals surface area (Å²) in [6.07, 6.45) is 14.2. The molecule has 0 radical (unpaired) electrons. The monoisotopic (exact) mass is 272 g/mol. The first-order chi connectivity index (χ1) is 9.72. The van der Waals surface area contributed by atoms with E-state index in [0.717, 1.165) is 30.8 Å². The van der Waals surface area contributed by atoms with Gasteiger partial charge >= 0.3 is 0 Å². The normalized spacial score (nSPS) is 13.0. The highest BCUT2D eigenvalue weighted by Crippen LogP contribution is 2.11. The van der Waals surface area contributed by atoms with E-state index in [1.54, 1.807) is 24.8 Å². The second-order valence-electron chi connectivity index (χ2n) is 4.53. The van der Waals surface area contributed by atoms with Crippen molar-refractivity contribution >= 4 is 5.84 Å². The summed E-state index contributed by atoms with van der Waals surface area (Å²) in [7, 11) is 2.00. The Morgan fingerprint density at radius 3 is 2.70 bits per heavy atom. The summed E-state index contributed by atoms with van der Waals surface area (Å²) < 4.78 is 0. The molecule has 0 unspecified atom stereocenters. The molecule has 0 atom stereocenters. The lowest BCUT2D eigenvalue weighted by atomic mass is 10.1. The van der Waals surface area contributed by atoms with Crippen molar-refractivity contribution in [3.63, 3.8) is 0 Å². The van der Waals surface area contributed by atoms with Gasteiger partial charge in [0.2, 0.25) is 0 Å². The Labute approximate surface area is 122 Å². The van der Waals surface area contributed by atoms with Crippen LogP contribution in [0.3, 0.4) is 0 Å². The Morgan fingerprint density at radius 2 is 2.15 bits per heavy atom. The summed E-state index contributed by atoms with van der Waals surface area (Å²) in [5.41, 5.74) is 2.18. The van der Waals surface area contributed by atoms with E-state index in [4.69, 9.17) is 0 Å². The molecule has 1 rings (SSSR count). The average molecular weight is 272 g/mol. The van der Waals surface area contributed by atoms with Crippen LogP contribution in [0, 0.1) is 0 Å². The van der Waals surface area contributed by atoms with Crippen LogP contribution in [0.25, 0.3) is 0 Å². The third-order valence-electron chi connectivity index (χ3n) is 2.87. The maximum Gasteiger partial charge on any atom is 0.159 e. The van der Waals surface area contributed by atoms with E-state index in [1.807, 2.05) is 24.9 Å². The number of rotatable bonds is 6. The van der Waals surface area contributed by atoms with Gasteiger partial charge in [-0.15, -0.1) is 0 Å². The number of aromatic nitrogens is 2. The first-order valence-corrected chi connectivity index (χ1v) is 7.10. The van der Waals surface area contributed by atoms with Crippen LogP contribution in [0.15, 0.2) is 47.6 Å². The second kappa shape index (κ2) is 9.02. The van der Waals surface area contributed by atoms with E-state index < -0.39 is 0 Å². The van der Waals surface area contributed by atoms with Gasteiger partial charge in [-0.3, -0.25) is 4.98 Å². The van der Waals surface area contributed by atoms with Crippen molar-refractivity contribution < 1.29 is 0 Å². The summed E-state index contributed by atoms with van der Waals surface area (Å²) in [5.74, 6) is 0.804. The van der Waals surface area contributed by atoms with Gasteiger partial charge in [0, 0.05) is 31.8 Å². The van der Waals surface area contributed by atoms with Crippen molar-refractivity contribution in [1.29, 1.82) is 0 Å². The summed E-state index contributed by atoms with van der Waals surface area (Å²) in [6.45, 7) is 6.32. The molecule has 0 aliphatic carbocycles. The molecule has 0 amide bonds. The Balaban J connectivity index is 3.06. The molecule has 4 heteroatoms. The predicted octanol–water partition coefficient (Wildman–Crippen LogP) is 3.78. The molecule has 1 heterocycles. The van der Waals surface area contributed by atoms with Gasteiger partial charge in [-0.25, -0.2) is 9.98 Å². The van der Waals surface area contributed by atoms with Gasteiger partial charge in [0.25, 0.3) is 0 Å². The van der Waals surface area contributed by atoms with Crippen molar-refractivity contribution in [1.82, 2.24) is 14.9 Å². The van der Waals surface area contributed by atoms with Crippen LogP contribution in [0.1, 0.15) is 45.7 Å². The van der Waals surface area contributed by atoms with Crippen LogP contribution in [-0.4, -0.2) is 27.8 Å². The summed E-state index contributed by atoms with van der Waals surface area (Å²) in [5, 5.41) is 0. The highest BCUT2D eigenvalue weighted by atomic mass is 15.2. The summed E-state index contributed by atoms with van der Waals surface area (Å²) in [6, 6.07) is 0. The van der Waals surface area contributed by atoms with Gasteiger partial charge in [-0.2, -0.15) is 0 Å². The first-order valence-electron chi connectivity index (χ1n) is 7.10. The number of amidine groups is 1. The second-order valence-corrected chi connectivity index (χ2v) is 4.53. The summed E-state index contributed by atoms with van der Waals surface area (Å²) in [4.78, 5) is 15.0. The third-order valence-corrected chi connectivity index (χ3v) is 2.87.